The van der Waals surface area contributed by atoms with E-state index in [0.29, 0.717) is 6.54 Å². The van der Waals surface area contributed by atoms with Gasteiger partial charge in [-0.25, -0.2) is 0 Å². The van der Waals surface area contributed by atoms with Crippen molar-refractivity contribution in [3.8, 4) is 0 Å². The minimum atomic E-state index is -0.674. The summed E-state index contributed by atoms with van der Waals surface area (Å²) < 4.78 is 5.44. The topological polar surface area (TPSA) is 49.8 Å². The zero-order valence-electron chi connectivity index (χ0n) is 11.5. The molecule has 4 heteroatoms. The van der Waals surface area contributed by atoms with E-state index in [2.05, 4.69) is 0 Å². The van der Waals surface area contributed by atoms with Crippen LogP contribution in [0.4, 0.5) is 0 Å². The van der Waals surface area contributed by atoms with Gasteiger partial charge in [-0.15, -0.1) is 0 Å². The Morgan fingerprint density at radius 3 is 2.35 bits per heavy atom. The molecule has 0 unspecified atom stereocenters. The van der Waals surface area contributed by atoms with Crippen LogP contribution in [0.3, 0.4) is 0 Å². The van der Waals surface area contributed by atoms with Crippen molar-refractivity contribution < 1.29 is 14.6 Å². The molecule has 1 saturated carbocycles. The van der Waals surface area contributed by atoms with Crippen LogP contribution in [0.5, 0.6) is 0 Å². The molecular formula is C13H25NO3. The summed E-state index contributed by atoms with van der Waals surface area (Å²) in [6, 6.07) is 0. The van der Waals surface area contributed by atoms with Crippen molar-refractivity contribution in [3.63, 3.8) is 0 Å². The molecule has 1 N–H and O–H groups in total. The van der Waals surface area contributed by atoms with Crippen LogP contribution in [-0.2, 0) is 9.53 Å². The highest BCUT2D eigenvalue weighted by Crippen LogP contribution is 2.29. The summed E-state index contributed by atoms with van der Waals surface area (Å²) in [5.74, 6) is -0.0692. The van der Waals surface area contributed by atoms with Crippen molar-refractivity contribution in [3.05, 3.63) is 0 Å². The molecule has 0 spiro atoms. The first-order valence-corrected chi connectivity index (χ1v) is 6.32. The lowest BCUT2D eigenvalue weighted by atomic mass is 10.0. The van der Waals surface area contributed by atoms with E-state index < -0.39 is 5.60 Å². The SMILES string of the molecule is CN(CC1(O)CCCC1)C(=O)COC(C)(C)C. The lowest BCUT2D eigenvalue weighted by Crippen LogP contribution is -2.44. The molecule has 4 nitrogen and oxygen atoms in total. The van der Waals surface area contributed by atoms with Gasteiger partial charge in [0.15, 0.2) is 0 Å². The number of hydrogen-bond donors (Lipinski definition) is 1. The number of likely N-dealkylation sites (N-methyl/N-ethyl adjacent to an activating group) is 1. The predicted molar refractivity (Wildman–Crippen MR) is 66.8 cm³/mol. The highest BCUT2D eigenvalue weighted by atomic mass is 16.5. The van der Waals surface area contributed by atoms with Gasteiger partial charge < -0.3 is 14.7 Å². The zero-order chi connectivity index (χ0) is 13.1. The molecule has 0 saturated heterocycles. The van der Waals surface area contributed by atoms with Crippen LogP contribution in [0.25, 0.3) is 0 Å². The second-order valence-corrected chi connectivity index (χ2v) is 6.08. The molecule has 0 heterocycles. The van der Waals surface area contributed by atoms with Crippen LogP contribution < -0.4 is 0 Å². The number of nitrogens with zero attached hydrogens (tertiary/aromatic N) is 1. The summed E-state index contributed by atoms with van der Waals surface area (Å²) in [7, 11) is 1.73. The molecule has 0 aromatic rings. The molecular weight excluding hydrogens is 218 g/mol. The van der Waals surface area contributed by atoms with Crippen LogP contribution in [-0.4, -0.2) is 47.3 Å². The molecule has 0 aliphatic heterocycles. The number of carbonyl (C=O) groups excluding carboxylic acids is 1. The molecule has 1 aliphatic rings. The number of ether oxygens (including phenoxy) is 1. The number of carbonyl (C=O) groups is 1. The van der Waals surface area contributed by atoms with Gasteiger partial charge in [0.25, 0.3) is 0 Å². The van der Waals surface area contributed by atoms with Gasteiger partial charge in [0.2, 0.25) is 5.91 Å². The summed E-state index contributed by atoms with van der Waals surface area (Å²) in [6.07, 6.45) is 3.70. The van der Waals surface area contributed by atoms with Crippen molar-refractivity contribution in [1.82, 2.24) is 4.90 Å². The van der Waals surface area contributed by atoms with Crippen molar-refractivity contribution in [2.75, 3.05) is 20.2 Å². The Morgan fingerprint density at radius 2 is 1.88 bits per heavy atom. The molecule has 0 bridgehead atoms. The molecule has 1 amide bonds. The molecule has 17 heavy (non-hydrogen) atoms. The Morgan fingerprint density at radius 1 is 1.35 bits per heavy atom. The largest absolute Gasteiger partial charge is 0.388 e. The number of hydrogen-bond acceptors (Lipinski definition) is 3. The second-order valence-electron chi connectivity index (χ2n) is 6.08. The van der Waals surface area contributed by atoms with Crippen molar-refractivity contribution in [2.24, 2.45) is 0 Å². The van der Waals surface area contributed by atoms with E-state index in [1.807, 2.05) is 20.8 Å². The molecule has 1 rings (SSSR count). The van der Waals surface area contributed by atoms with Crippen LogP contribution in [0.2, 0.25) is 0 Å². The third kappa shape index (κ3) is 5.04. The van der Waals surface area contributed by atoms with E-state index in [-0.39, 0.29) is 18.1 Å². The summed E-state index contributed by atoms with van der Waals surface area (Å²) in [5.41, 5.74) is -0.979. The van der Waals surface area contributed by atoms with Gasteiger partial charge in [0.05, 0.1) is 11.2 Å². The molecule has 0 radical (unpaired) electrons. The fraction of sp³-hybridized carbons (Fsp3) is 0.923. The quantitative estimate of drug-likeness (QED) is 0.815. The molecule has 1 fully saturated rings. The highest BCUT2D eigenvalue weighted by Gasteiger charge is 2.33. The van der Waals surface area contributed by atoms with Crippen molar-refractivity contribution >= 4 is 5.91 Å². The summed E-state index contributed by atoms with van der Waals surface area (Å²) >= 11 is 0. The smallest absolute Gasteiger partial charge is 0.248 e. The average molecular weight is 243 g/mol. The van der Waals surface area contributed by atoms with E-state index >= 15 is 0 Å². The van der Waals surface area contributed by atoms with Crippen LogP contribution in [0.15, 0.2) is 0 Å². The van der Waals surface area contributed by atoms with Gasteiger partial charge in [0.1, 0.15) is 6.61 Å². The summed E-state index contributed by atoms with van der Waals surface area (Å²) in [6.45, 7) is 6.26. The maximum absolute atomic E-state index is 11.8. The normalized spacial score (nSPS) is 19.4. The Labute approximate surface area is 104 Å². The number of rotatable bonds is 4. The first kappa shape index (κ1) is 14.5. The maximum Gasteiger partial charge on any atom is 0.248 e. The molecule has 0 atom stereocenters. The van der Waals surface area contributed by atoms with Gasteiger partial charge in [-0.05, 0) is 33.6 Å². The lowest BCUT2D eigenvalue weighted by molar-refractivity contribution is -0.142. The van der Waals surface area contributed by atoms with E-state index in [1.54, 1.807) is 11.9 Å². The molecule has 0 aromatic carbocycles. The van der Waals surface area contributed by atoms with E-state index in [9.17, 15) is 9.90 Å². The van der Waals surface area contributed by atoms with Crippen LogP contribution in [0.1, 0.15) is 46.5 Å². The monoisotopic (exact) mass is 243 g/mol. The summed E-state index contributed by atoms with van der Waals surface area (Å²) in [5, 5.41) is 10.2. The molecule has 1 aliphatic carbocycles. The van der Waals surface area contributed by atoms with E-state index in [0.717, 1.165) is 25.7 Å². The highest BCUT2D eigenvalue weighted by molar-refractivity contribution is 5.77. The van der Waals surface area contributed by atoms with Crippen molar-refractivity contribution in [1.29, 1.82) is 0 Å². The van der Waals surface area contributed by atoms with Gasteiger partial charge in [-0.1, -0.05) is 12.8 Å². The Bertz CT molecular complexity index is 264. The lowest BCUT2D eigenvalue weighted by Gasteiger charge is -2.29. The minimum Gasteiger partial charge on any atom is -0.388 e. The van der Waals surface area contributed by atoms with Gasteiger partial charge >= 0.3 is 0 Å². The standard InChI is InChI=1S/C13H25NO3/c1-12(2,3)17-9-11(15)14(4)10-13(16)7-5-6-8-13/h16H,5-10H2,1-4H3. The van der Waals surface area contributed by atoms with Crippen molar-refractivity contribution in [2.45, 2.75) is 57.7 Å². The van der Waals surface area contributed by atoms with Crippen LogP contribution in [0, 0.1) is 0 Å². The fourth-order valence-electron chi connectivity index (χ4n) is 2.11. The zero-order valence-corrected chi connectivity index (χ0v) is 11.5. The van der Waals surface area contributed by atoms with E-state index in [4.69, 9.17) is 4.74 Å². The average Bonchev–Trinajstić information content (AvgIpc) is 2.60. The Balaban J connectivity index is 2.36. The van der Waals surface area contributed by atoms with E-state index in [1.165, 1.54) is 0 Å². The summed E-state index contributed by atoms with van der Waals surface area (Å²) in [4.78, 5) is 13.4. The third-order valence-corrected chi connectivity index (χ3v) is 3.12. The number of aliphatic hydroxyl groups is 1. The second kappa shape index (κ2) is 5.36. The fourth-order valence-corrected chi connectivity index (χ4v) is 2.11. The molecule has 0 aromatic heterocycles. The first-order chi connectivity index (χ1) is 7.72. The van der Waals surface area contributed by atoms with Crippen LogP contribution >= 0.6 is 0 Å². The Hall–Kier alpha value is -0.610. The third-order valence-electron chi connectivity index (χ3n) is 3.12. The van der Waals surface area contributed by atoms with Gasteiger partial charge in [-0.2, -0.15) is 0 Å². The first-order valence-electron chi connectivity index (χ1n) is 6.32. The van der Waals surface area contributed by atoms with Gasteiger partial charge in [-0.3, -0.25) is 4.79 Å². The maximum atomic E-state index is 11.8. The minimum absolute atomic E-state index is 0.0692. The number of amides is 1. The predicted octanol–water partition coefficient (Wildman–Crippen LogP) is 1.56. The Kier molecular flexibility index (Phi) is 4.55. The molecule has 100 valence electrons. The van der Waals surface area contributed by atoms with Gasteiger partial charge in [0, 0.05) is 13.6 Å².